The largest absolute Gasteiger partial charge is 0.383 e. The summed E-state index contributed by atoms with van der Waals surface area (Å²) in [7, 11) is 1.59. The summed E-state index contributed by atoms with van der Waals surface area (Å²) in [5, 5.41) is 3.61. The van der Waals surface area contributed by atoms with Gasteiger partial charge in [-0.2, -0.15) is 0 Å². The SMILES string of the molecule is COCCNC(=O)c1cc(C)nc2c(-c3ccc(F)cc3)cccc12. The highest BCUT2D eigenvalue weighted by atomic mass is 19.1. The van der Waals surface area contributed by atoms with Crippen LogP contribution in [-0.4, -0.2) is 31.2 Å². The number of aromatic nitrogens is 1. The Morgan fingerprint density at radius 1 is 1.20 bits per heavy atom. The van der Waals surface area contributed by atoms with E-state index in [0.29, 0.717) is 18.7 Å². The second kappa shape index (κ2) is 7.40. The highest BCUT2D eigenvalue weighted by Gasteiger charge is 2.14. The van der Waals surface area contributed by atoms with Crippen molar-refractivity contribution in [3.63, 3.8) is 0 Å². The van der Waals surface area contributed by atoms with Crippen molar-refractivity contribution in [3.05, 3.63) is 65.6 Å². The molecule has 5 heteroatoms. The first-order valence-electron chi connectivity index (χ1n) is 8.03. The minimum absolute atomic E-state index is 0.163. The lowest BCUT2D eigenvalue weighted by atomic mass is 9.98. The lowest BCUT2D eigenvalue weighted by molar-refractivity contribution is 0.0938. The molecule has 128 valence electrons. The number of rotatable bonds is 5. The van der Waals surface area contributed by atoms with Gasteiger partial charge in [0.2, 0.25) is 0 Å². The van der Waals surface area contributed by atoms with Crippen LogP contribution in [0.15, 0.2) is 48.5 Å². The van der Waals surface area contributed by atoms with Crippen LogP contribution in [0.1, 0.15) is 16.1 Å². The van der Waals surface area contributed by atoms with Crippen LogP contribution >= 0.6 is 0 Å². The van der Waals surface area contributed by atoms with Gasteiger partial charge in [0.1, 0.15) is 5.82 Å². The summed E-state index contributed by atoms with van der Waals surface area (Å²) in [6, 6.07) is 13.7. The number of benzene rings is 2. The van der Waals surface area contributed by atoms with E-state index in [0.717, 1.165) is 27.7 Å². The molecule has 1 heterocycles. The number of nitrogens with one attached hydrogen (secondary N) is 1. The summed E-state index contributed by atoms with van der Waals surface area (Å²) in [5.41, 5.74) is 3.77. The first kappa shape index (κ1) is 17.0. The first-order chi connectivity index (χ1) is 12.1. The predicted octanol–water partition coefficient (Wildman–Crippen LogP) is 3.73. The van der Waals surface area contributed by atoms with Crippen LogP contribution in [0.4, 0.5) is 4.39 Å². The van der Waals surface area contributed by atoms with E-state index in [-0.39, 0.29) is 11.7 Å². The quantitative estimate of drug-likeness (QED) is 0.721. The number of nitrogens with zero attached hydrogens (tertiary/aromatic N) is 1. The summed E-state index contributed by atoms with van der Waals surface area (Å²) >= 11 is 0. The zero-order valence-corrected chi connectivity index (χ0v) is 14.2. The van der Waals surface area contributed by atoms with Gasteiger partial charge >= 0.3 is 0 Å². The Labute approximate surface area is 145 Å². The van der Waals surface area contributed by atoms with Crippen molar-refractivity contribution in [1.82, 2.24) is 10.3 Å². The molecular formula is C20H19FN2O2. The van der Waals surface area contributed by atoms with Gasteiger partial charge in [0.15, 0.2) is 0 Å². The zero-order valence-electron chi connectivity index (χ0n) is 14.2. The van der Waals surface area contributed by atoms with E-state index in [1.54, 1.807) is 25.3 Å². The van der Waals surface area contributed by atoms with Gasteiger partial charge in [-0.3, -0.25) is 9.78 Å². The van der Waals surface area contributed by atoms with Gasteiger partial charge in [0.05, 0.1) is 17.7 Å². The number of hydrogen-bond donors (Lipinski definition) is 1. The van der Waals surface area contributed by atoms with E-state index in [9.17, 15) is 9.18 Å². The number of methoxy groups -OCH3 is 1. The summed E-state index contributed by atoms with van der Waals surface area (Å²) < 4.78 is 18.2. The molecule has 3 aromatic rings. The zero-order chi connectivity index (χ0) is 17.8. The molecule has 0 saturated carbocycles. The van der Waals surface area contributed by atoms with E-state index < -0.39 is 0 Å². The topological polar surface area (TPSA) is 51.2 Å². The maximum Gasteiger partial charge on any atom is 0.252 e. The number of para-hydroxylation sites is 1. The fourth-order valence-corrected chi connectivity index (χ4v) is 2.79. The molecule has 1 N–H and O–H groups in total. The molecule has 3 rings (SSSR count). The second-order valence-corrected chi connectivity index (χ2v) is 5.77. The van der Waals surface area contributed by atoms with Gasteiger partial charge < -0.3 is 10.1 Å². The summed E-state index contributed by atoms with van der Waals surface area (Å²) in [6.07, 6.45) is 0. The van der Waals surface area contributed by atoms with Crippen molar-refractivity contribution in [2.75, 3.05) is 20.3 Å². The molecule has 1 amide bonds. The normalized spacial score (nSPS) is 10.8. The lowest BCUT2D eigenvalue weighted by Gasteiger charge is -2.12. The molecule has 0 spiro atoms. The van der Waals surface area contributed by atoms with E-state index in [1.807, 2.05) is 25.1 Å². The van der Waals surface area contributed by atoms with E-state index in [1.165, 1.54) is 12.1 Å². The molecule has 0 fully saturated rings. The number of hydrogen-bond acceptors (Lipinski definition) is 3. The molecule has 25 heavy (non-hydrogen) atoms. The molecule has 0 radical (unpaired) electrons. The molecule has 2 aromatic carbocycles. The second-order valence-electron chi connectivity index (χ2n) is 5.77. The Kier molecular flexibility index (Phi) is 5.05. The van der Waals surface area contributed by atoms with Gasteiger partial charge in [0.25, 0.3) is 5.91 Å². The van der Waals surface area contributed by atoms with Crippen molar-refractivity contribution in [2.24, 2.45) is 0 Å². The number of halogens is 1. The predicted molar refractivity (Wildman–Crippen MR) is 96.1 cm³/mol. The van der Waals surface area contributed by atoms with Crippen molar-refractivity contribution in [2.45, 2.75) is 6.92 Å². The Morgan fingerprint density at radius 2 is 1.96 bits per heavy atom. The van der Waals surface area contributed by atoms with Gasteiger partial charge in [-0.25, -0.2) is 4.39 Å². The Balaban J connectivity index is 2.10. The summed E-state index contributed by atoms with van der Waals surface area (Å²) in [5.74, 6) is -0.449. The third kappa shape index (κ3) is 3.67. The molecule has 0 saturated heterocycles. The third-order valence-electron chi connectivity index (χ3n) is 3.96. The molecule has 0 bridgehead atoms. The van der Waals surface area contributed by atoms with Crippen molar-refractivity contribution < 1.29 is 13.9 Å². The lowest BCUT2D eigenvalue weighted by Crippen LogP contribution is -2.27. The average molecular weight is 338 g/mol. The third-order valence-corrected chi connectivity index (χ3v) is 3.96. The molecule has 0 atom stereocenters. The van der Waals surface area contributed by atoms with E-state index >= 15 is 0 Å². The highest BCUT2D eigenvalue weighted by molar-refractivity contribution is 6.09. The number of ether oxygens (including phenoxy) is 1. The number of pyridine rings is 1. The first-order valence-corrected chi connectivity index (χ1v) is 8.03. The van der Waals surface area contributed by atoms with E-state index in [2.05, 4.69) is 10.3 Å². The summed E-state index contributed by atoms with van der Waals surface area (Å²) in [4.78, 5) is 17.1. The van der Waals surface area contributed by atoms with Crippen LogP contribution in [0, 0.1) is 12.7 Å². The van der Waals surface area contributed by atoms with Crippen LogP contribution < -0.4 is 5.32 Å². The standard InChI is InChI=1S/C20H19FN2O2/c1-13-12-18(20(24)22-10-11-25-2)17-5-3-4-16(19(17)23-13)14-6-8-15(21)9-7-14/h3-9,12H,10-11H2,1-2H3,(H,22,24). The minimum Gasteiger partial charge on any atom is -0.383 e. The Morgan fingerprint density at radius 3 is 2.68 bits per heavy atom. The van der Waals surface area contributed by atoms with Crippen LogP contribution in [-0.2, 0) is 4.74 Å². The molecule has 1 aromatic heterocycles. The number of fused-ring (bicyclic) bond motifs is 1. The van der Waals surface area contributed by atoms with Crippen molar-refractivity contribution in [1.29, 1.82) is 0 Å². The van der Waals surface area contributed by atoms with Crippen LogP contribution in [0.3, 0.4) is 0 Å². The molecule has 0 aliphatic rings. The fraction of sp³-hybridized carbons (Fsp3) is 0.200. The van der Waals surface area contributed by atoms with Crippen LogP contribution in [0.5, 0.6) is 0 Å². The number of carbonyl (C=O) groups excluding carboxylic acids is 1. The van der Waals surface area contributed by atoms with Crippen molar-refractivity contribution in [3.8, 4) is 11.1 Å². The molecule has 4 nitrogen and oxygen atoms in total. The van der Waals surface area contributed by atoms with Crippen LogP contribution in [0.25, 0.3) is 22.0 Å². The number of aryl methyl sites for hydroxylation is 1. The van der Waals surface area contributed by atoms with E-state index in [4.69, 9.17) is 4.74 Å². The number of carbonyl (C=O) groups is 1. The fourth-order valence-electron chi connectivity index (χ4n) is 2.79. The smallest absolute Gasteiger partial charge is 0.252 e. The summed E-state index contributed by atoms with van der Waals surface area (Å²) in [6.45, 7) is 2.75. The maximum absolute atomic E-state index is 13.2. The Bertz CT molecular complexity index is 907. The maximum atomic E-state index is 13.2. The average Bonchev–Trinajstić information content (AvgIpc) is 2.61. The minimum atomic E-state index is -0.286. The monoisotopic (exact) mass is 338 g/mol. The number of amides is 1. The van der Waals surface area contributed by atoms with Crippen molar-refractivity contribution >= 4 is 16.8 Å². The van der Waals surface area contributed by atoms with Gasteiger partial charge in [-0.1, -0.05) is 30.3 Å². The van der Waals surface area contributed by atoms with Gasteiger partial charge in [-0.05, 0) is 30.7 Å². The highest BCUT2D eigenvalue weighted by Crippen LogP contribution is 2.29. The molecule has 0 unspecified atom stereocenters. The Hall–Kier alpha value is -2.79. The van der Waals surface area contributed by atoms with Gasteiger partial charge in [0, 0.05) is 30.3 Å². The van der Waals surface area contributed by atoms with Gasteiger partial charge in [-0.15, -0.1) is 0 Å². The molecule has 0 aliphatic carbocycles. The molecular weight excluding hydrogens is 319 g/mol. The molecule has 0 aliphatic heterocycles. The van der Waals surface area contributed by atoms with Crippen LogP contribution in [0.2, 0.25) is 0 Å².